The molecule has 0 amide bonds. The van der Waals surface area contributed by atoms with E-state index in [4.69, 9.17) is 19.7 Å². The highest BCUT2D eigenvalue weighted by atomic mass is 32.1. The first-order valence-electron chi connectivity index (χ1n) is 12.0. The van der Waals surface area contributed by atoms with E-state index in [1.807, 2.05) is 12.4 Å². The fourth-order valence-electron chi connectivity index (χ4n) is 5.58. The number of aryl methyl sites for hydroxylation is 1. The second-order valence-electron chi connectivity index (χ2n) is 9.35. The van der Waals surface area contributed by atoms with E-state index in [1.165, 1.54) is 12.8 Å². The third-order valence-corrected chi connectivity index (χ3v) is 8.22. The largest absolute Gasteiger partial charge is 0.461 e. The van der Waals surface area contributed by atoms with Crippen LogP contribution in [0.4, 0.5) is 5.82 Å². The minimum Gasteiger partial charge on any atom is -0.461 e. The zero-order valence-corrected chi connectivity index (χ0v) is 20.1. The van der Waals surface area contributed by atoms with Crippen molar-refractivity contribution in [3.63, 3.8) is 0 Å². The number of piperazine rings is 1. The molecule has 5 aromatic rings. The van der Waals surface area contributed by atoms with Gasteiger partial charge in [-0.25, -0.2) is 0 Å². The van der Waals surface area contributed by atoms with Gasteiger partial charge < -0.3 is 20.1 Å². The van der Waals surface area contributed by atoms with Crippen molar-refractivity contribution >= 4 is 48.4 Å². The maximum Gasteiger partial charge on any atom is 0.319 e. The molecule has 2 fully saturated rings. The quantitative estimate of drug-likeness (QED) is 0.346. The number of hydrogen-bond donors (Lipinski definition) is 3. The molecule has 178 valence electrons. The van der Waals surface area contributed by atoms with Gasteiger partial charge >= 0.3 is 6.01 Å². The number of rotatable bonds is 5. The Morgan fingerprint density at radius 1 is 1.14 bits per heavy atom. The number of nitrogens with one attached hydrogen (secondary N) is 2. The monoisotopic (exact) mass is 487 g/mol. The van der Waals surface area contributed by atoms with Crippen LogP contribution in [0.25, 0.3) is 42.5 Å². The van der Waals surface area contributed by atoms with E-state index in [0.717, 1.165) is 66.9 Å². The molecule has 2 saturated heterocycles. The number of aromatic nitrogens is 5. The van der Waals surface area contributed by atoms with Gasteiger partial charge in [0, 0.05) is 47.7 Å². The second-order valence-corrected chi connectivity index (χ2v) is 10.4. The molecule has 0 spiro atoms. The summed E-state index contributed by atoms with van der Waals surface area (Å²) in [5, 5.41) is 23.5. The van der Waals surface area contributed by atoms with E-state index in [2.05, 4.69) is 45.5 Å². The SMILES string of the molecule is Cc1ccc2[nH]ncc2c1-c1nccc2c1sc1nc(OCCO)nc(N3C[C@H]4CC[C@@H](C3)N4)c12. The van der Waals surface area contributed by atoms with E-state index >= 15 is 0 Å². The lowest BCUT2D eigenvalue weighted by atomic mass is 10.00. The van der Waals surface area contributed by atoms with Crippen LogP contribution in [0.15, 0.2) is 30.6 Å². The van der Waals surface area contributed by atoms with Crippen molar-refractivity contribution < 1.29 is 9.84 Å². The highest BCUT2D eigenvalue weighted by Gasteiger charge is 2.34. The summed E-state index contributed by atoms with van der Waals surface area (Å²) in [6.45, 7) is 4.01. The molecule has 35 heavy (non-hydrogen) atoms. The summed E-state index contributed by atoms with van der Waals surface area (Å²) in [4.78, 5) is 17.7. The van der Waals surface area contributed by atoms with Gasteiger partial charge in [0.1, 0.15) is 17.3 Å². The third kappa shape index (κ3) is 3.35. The number of nitrogens with zero attached hydrogens (tertiary/aromatic N) is 5. The number of aliphatic hydroxyl groups is 1. The Morgan fingerprint density at radius 3 is 2.83 bits per heavy atom. The molecule has 3 N–H and O–H groups in total. The Morgan fingerprint density at radius 2 is 2.00 bits per heavy atom. The fraction of sp³-hybridized carbons (Fsp3) is 0.360. The molecule has 0 aliphatic carbocycles. The van der Waals surface area contributed by atoms with Gasteiger partial charge in [-0.15, -0.1) is 11.3 Å². The Bertz CT molecular complexity index is 1570. The van der Waals surface area contributed by atoms with Crippen LogP contribution in [0.3, 0.4) is 0 Å². The fourth-order valence-corrected chi connectivity index (χ4v) is 6.74. The molecule has 2 aliphatic rings. The van der Waals surface area contributed by atoms with Crippen molar-refractivity contribution in [1.82, 2.24) is 30.5 Å². The highest BCUT2D eigenvalue weighted by molar-refractivity contribution is 7.26. The lowest BCUT2D eigenvalue weighted by molar-refractivity contribution is 0.192. The van der Waals surface area contributed by atoms with E-state index in [-0.39, 0.29) is 13.2 Å². The molecular weight excluding hydrogens is 462 g/mol. The first-order valence-corrected chi connectivity index (χ1v) is 12.8. The average molecular weight is 488 g/mol. The zero-order valence-electron chi connectivity index (χ0n) is 19.3. The summed E-state index contributed by atoms with van der Waals surface area (Å²) < 4.78 is 6.78. The number of aliphatic hydroxyl groups excluding tert-OH is 1. The van der Waals surface area contributed by atoms with Crippen LogP contribution in [0.5, 0.6) is 6.01 Å². The molecule has 2 atom stereocenters. The summed E-state index contributed by atoms with van der Waals surface area (Å²) >= 11 is 1.62. The van der Waals surface area contributed by atoms with E-state index in [1.54, 1.807) is 11.3 Å². The molecule has 10 heteroatoms. The number of hydrogen-bond acceptors (Lipinski definition) is 9. The van der Waals surface area contributed by atoms with Crippen molar-refractivity contribution in [2.24, 2.45) is 0 Å². The van der Waals surface area contributed by atoms with E-state index < -0.39 is 0 Å². The lowest BCUT2D eigenvalue weighted by Crippen LogP contribution is -2.51. The summed E-state index contributed by atoms with van der Waals surface area (Å²) in [6.07, 6.45) is 6.13. The molecular formula is C25H25N7O2S. The first kappa shape index (κ1) is 21.0. The molecule has 2 bridgehead atoms. The Balaban J connectivity index is 1.48. The van der Waals surface area contributed by atoms with Gasteiger partial charge in [-0.1, -0.05) is 6.07 Å². The summed E-state index contributed by atoms with van der Waals surface area (Å²) in [5.74, 6) is 0.906. The normalized spacial score (nSPS) is 19.9. The number of benzene rings is 1. The Labute approximate surface area is 205 Å². The smallest absolute Gasteiger partial charge is 0.319 e. The molecule has 1 aromatic carbocycles. The van der Waals surface area contributed by atoms with Gasteiger partial charge in [0.2, 0.25) is 0 Å². The van der Waals surface area contributed by atoms with Gasteiger partial charge in [-0.3, -0.25) is 10.1 Å². The third-order valence-electron chi connectivity index (χ3n) is 7.12. The predicted octanol–water partition coefficient (Wildman–Crippen LogP) is 3.40. The predicted molar refractivity (Wildman–Crippen MR) is 137 cm³/mol. The molecule has 0 radical (unpaired) electrons. The maximum atomic E-state index is 9.30. The van der Waals surface area contributed by atoms with Crippen molar-refractivity contribution in [3.8, 4) is 17.3 Å². The number of thiophene rings is 1. The molecule has 0 saturated carbocycles. The number of aromatic amines is 1. The number of ether oxygens (including phenoxy) is 1. The van der Waals surface area contributed by atoms with Gasteiger partial charge in [0.15, 0.2) is 0 Å². The van der Waals surface area contributed by atoms with Crippen LogP contribution in [0.2, 0.25) is 0 Å². The van der Waals surface area contributed by atoms with Crippen molar-refractivity contribution in [3.05, 3.63) is 36.2 Å². The van der Waals surface area contributed by atoms with Crippen LogP contribution in [0.1, 0.15) is 18.4 Å². The van der Waals surface area contributed by atoms with Crippen LogP contribution >= 0.6 is 11.3 Å². The molecule has 2 aliphatic heterocycles. The van der Waals surface area contributed by atoms with Gasteiger partial charge in [-0.05, 0) is 37.5 Å². The van der Waals surface area contributed by atoms with Gasteiger partial charge in [0.25, 0.3) is 0 Å². The number of H-pyrrole nitrogens is 1. The Kier molecular flexibility index (Phi) is 4.86. The summed E-state index contributed by atoms with van der Waals surface area (Å²) in [7, 11) is 0. The lowest BCUT2D eigenvalue weighted by Gasteiger charge is -2.34. The average Bonchev–Trinajstić information content (AvgIpc) is 3.58. The molecule has 0 unspecified atom stereocenters. The van der Waals surface area contributed by atoms with Crippen molar-refractivity contribution in [1.29, 1.82) is 0 Å². The number of fused-ring (bicyclic) bond motifs is 6. The zero-order chi connectivity index (χ0) is 23.5. The summed E-state index contributed by atoms with van der Waals surface area (Å²) in [5.41, 5.74) is 4.15. The van der Waals surface area contributed by atoms with Gasteiger partial charge in [-0.2, -0.15) is 15.1 Å². The number of anilines is 1. The van der Waals surface area contributed by atoms with Crippen molar-refractivity contribution in [2.75, 3.05) is 31.2 Å². The summed E-state index contributed by atoms with van der Waals surface area (Å²) in [6, 6.07) is 7.49. The topological polar surface area (TPSA) is 112 Å². The molecule has 4 aromatic heterocycles. The minimum absolute atomic E-state index is 0.0804. The van der Waals surface area contributed by atoms with Crippen molar-refractivity contribution in [2.45, 2.75) is 31.8 Å². The van der Waals surface area contributed by atoms with Crippen LogP contribution in [-0.4, -0.2) is 68.6 Å². The maximum absolute atomic E-state index is 9.30. The van der Waals surface area contributed by atoms with Crippen LogP contribution < -0.4 is 15.0 Å². The van der Waals surface area contributed by atoms with Gasteiger partial charge in [0.05, 0.1) is 34.1 Å². The highest BCUT2D eigenvalue weighted by Crippen LogP contribution is 2.44. The standard InChI is InChI=1S/C25H25N7O2S/c1-13-2-5-18-17(10-27-31-18)19(13)21-22-16(6-7-26-21)20-23(32-11-14-3-4-15(12-32)28-14)29-25(34-9-8-33)30-24(20)35-22/h2,5-7,10,14-15,28,33H,3-4,8-9,11-12H2,1H3,(H,27,31)/t14-,15+. The Hall–Kier alpha value is -3.34. The molecule has 7 rings (SSSR count). The second kappa shape index (κ2) is 8.11. The first-order chi connectivity index (χ1) is 17.2. The number of pyridine rings is 1. The van der Waals surface area contributed by atoms with E-state index in [0.29, 0.717) is 18.1 Å². The van der Waals surface area contributed by atoms with Crippen LogP contribution in [-0.2, 0) is 0 Å². The molecule has 9 nitrogen and oxygen atoms in total. The van der Waals surface area contributed by atoms with Crippen LogP contribution in [0, 0.1) is 6.92 Å². The molecule has 6 heterocycles. The minimum atomic E-state index is -0.0804. The van der Waals surface area contributed by atoms with E-state index in [9.17, 15) is 5.11 Å².